The van der Waals surface area contributed by atoms with Gasteiger partial charge in [-0.25, -0.2) is 0 Å². The topological polar surface area (TPSA) is 16.4 Å². The van der Waals surface area contributed by atoms with Gasteiger partial charge in [0.2, 0.25) is 0 Å². The van der Waals surface area contributed by atoms with Crippen molar-refractivity contribution < 1.29 is 4.42 Å². The second kappa shape index (κ2) is 13.4. The van der Waals surface area contributed by atoms with Crippen LogP contribution in [0.5, 0.6) is 0 Å². The maximum Gasteiger partial charge on any atom is 0.143 e. The summed E-state index contributed by atoms with van der Waals surface area (Å²) in [5.41, 5.74) is 14.3. The van der Waals surface area contributed by atoms with Gasteiger partial charge in [-0.1, -0.05) is 176 Å². The molecule has 0 fully saturated rings. The zero-order chi connectivity index (χ0) is 35.8. The summed E-state index contributed by atoms with van der Waals surface area (Å²) in [7, 11) is 0. The van der Waals surface area contributed by atoms with Crippen molar-refractivity contribution in [1.29, 1.82) is 0 Å². The maximum absolute atomic E-state index is 6.83. The Balaban J connectivity index is 1.10. The van der Waals surface area contributed by atoms with E-state index in [4.69, 9.17) is 4.42 Å². The van der Waals surface area contributed by atoms with Crippen LogP contribution in [0, 0.1) is 0 Å². The number of hydrogen-bond acceptors (Lipinski definition) is 2. The van der Waals surface area contributed by atoms with E-state index < -0.39 is 0 Å². The summed E-state index contributed by atoms with van der Waals surface area (Å²) < 4.78 is 6.83. The molecule has 0 spiro atoms. The molecule has 0 saturated heterocycles. The highest BCUT2D eigenvalue weighted by Crippen LogP contribution is 2.45. The van der Waals surface area contributed by atoms with Gasteiger partial charge >= 0.3 is 0 Å². The summed E-state index contributed by atoms with van der Waals surface area (Å²) in [4.78, 5) is 2.36. The lowest BCUT2D eigenvalue weighted by Crippen LogP contribution is -2.11. The van der Waals surface area contributed by atoms with Crippen LogP contribution in [0.2, 0.25) is 0 Å². The van der Waals surface area contributed by atoms with E-state index in [2.05, 4.69) is 217 Å². The molecular weight excluding hydrogens is 655 g/mol. The minimum absolute atomic E-state index is 0.897. The number of para-hydroxylation sites is 2. The van der Waals surface area contributed by atoms with Crippen molar-refractivity contribution in [2.24, 2.45) is 0 Å². The smallest absolute Gasteiger partial charge is 0.143 e. The van der Waals surface area contributed by atoms with Crippen molar-refractivity contribution in [3.8, 4) is 44.5 Å². The quantitative estimate of drug-likeness (QED) is 0.166. The van der Waals surface area contributed by atoms with E-state index in [-0.39, 0.29) is 0 Å². The van der Waals surface area contributed by atoms with Crippen molar-refractivity contribution in [2.45, 2.75) is 0 Å². The van der Waals surface area contributed by atoms with Gasteiger partial charge in [0.1, 0.15) is 11.2 Å². The Morgan fingerprint density at radius 3 is 1.44 bits per heavy atom. The summed E-state index contributed by atoms with van der Waals surface area (Å²) in [6, 6.07) is 75.6. The van der Waals surface area contributed by atoms with Gasteiger partial charge in [0, 0.05) is 33.3 Å². The summed E-state index contributed by atoms with van der Waals surface area (Å²) in [5, 5.41) is 4.70. The first-order chi connectivity index (χ1) is 26.8. The first kappa shape index (κ1) is 31.6. The normalized spacial score (nSPS) is 11.3. The highest BCUT2D eigenvalue weighted by atomic mass is 16.3. The molecule has 0 atom stereocenters. The highest BCUT2D eigenvalue weighted by molar-refractivity contribution is 6.23. The standard InChI is InChI=1S/C52H35NO/c1-4-15-36(16-5-1)37-27-31-41(32-28-37)53(49-26-13-12-21-43(49)38-17-6-2-7-18-38)42-33-29-40(30-34-42)44-24-14-25-47-51-46-23-11-10-22-45(46)48(35-50(51)54-52(44)47)39-19-8-3-9-20-39/h1-35H. The Hall–Kier alpha value is -7.16. The fourth-order valence-electron chi connectivity index (χ4n) is 7.93. The molecule has 9 aromatic carbocycles. The first-order valence-electron chi connectivity index (χ1n) is 18.4. The molecule has 2 heteroatoms. The molecule has 10 aromatic rings. The van der Waals surface area contributed by atoms with Crippen LogP contribution in [0.1, 0.15) is 0 Å². The fraction of sp³-hybridized carbons (Fsp3) is 0. The molecule has 54 heavy (non-hydrogen) atoms. The molecule has 2 nitrogen and oxygen atoms in total. The summed E-state index contributed by atoms with van der Waals surface area (Å²) in [5.74, 6) is 0. The average molecular weight is 690 g/mol. The van der Waals surface area contributed by atoms with Crippen molar-refractivity contribution in [3.63, 3.8) is 0 Å². The Morgan fingerprint density at radius 2 is 0.778 bits per heavy atom. The van der Waals surface area contributed by atoms with Gasteiger partial charge in [0.25, 0.3) is 0 Å². The van der Waals surface area contributed by atoms with Crippen molar-refractivity contribution >= 4 is 49.8 Å². The molecule has 254 valence electrons. The third-order valence-electron chi connectivity index (χ3n) is 10.5. The summed E-state index contributed by atoms with van der Waals surface area (Å²) in [6.07, 6.45) is 0. The Bertz CT molecular complexity index is 2890. The van der Waals surface area contributed by atoms with Crippen LogP contribution in [-0.4, -0.2) is 0 Å². The van der Waals surface area contributed by atoms with Crippen molar-refractivity contribution in [2.75, 3.05) is 4.90 Å². The van der Waals surface area contributed by atoms with E-state index in [1.807, 2.05) is 0 Å². The van der Waals surface area contributed by atoms with Crippen LogP contribution in [0.15, 0.2) is 217 Å². The van der Waals surface area contributed by atoms with Gasteiger partial charge in [-0.3, -0.25) is 0 Å². The lowest BCUT2D eigenvalue weighted by molar-refractivity contribution is 0.670. The number of fused-ring (bicyclic) bond motifs is 5. The zero-order valence-electron chi connectivity index (χ0n) is 29.6. The van der Waals surface area contributed by atoms with E-state index in [1.54, 1.807) is 0 Å². The lowest BCUT2D eigenvalue weighted by Gasteiger charge is -2.28. The van der Waals surface area contributed by atoms with Gasteiger partial charge in [0.15, 0.2) is 0 Å². The summed E-state index contributed by atoms with van der Waals surface area (Å²) >= 11 is 0. The third-order valence-corrected chi connectivity index (χ3v) is 10.5. The second-order valence-corrected chi connectivity index (χ2v) is 13.7. The molecule has 0 radical (unpaired) electrons. The van der Waals surface area contributed by atoms with E-state index in [1.165, 1.54) is 44.2 Å². The molecule has 0 unspecified atom stereocenters. The largest absolute Gasteiger partial charge is 0.455 e. The average Bonchev–Trinajstić information content (AvgIpc) is 3.64. The molecule has 0 aliphatic carbocycles. The number of furan rings is 1. The van der Waals surface area contributed by atoms with Gasteiger partial charge in [-0.15, -0.1) is 0 Å². The van der Waals surface area contributed by atoms with E-state index in [0.717, 1.165) is 50.1 Å². The number of benzene rings is 9. The number of nitrogens with zero attached hydrogens (tertiary/aromatic N) is 1. The van der Waals surface area contributed by atoms with E-state index in [9.17, 15) is 0 Å². The Kier molecular flexibility index (Phi) is 7.85. The number of rotatable bonds is 7. The Labute approximate surface area is 314 Å². The SMILES string of the molecule is c1ccc(-c2ccc(N(c3ccc(-c4cccc5c4oc4cc(-c6ccccc6)c6ccccc6c45)cc3)c3ccccc3-c3ccccc3)cc2)cc1. The summed E-state index contributed by atoms with van der Waals surface area (Å²) in [6.45, 7) is 0. The maximum atomic E-state index is 6.83. The van der Waals surface area contributed by atoms with E-state index >= 15 is 0 Å². The van der Waals surface area contributed by atoms with E-state index in [0.29, 0.717) is 0 Å². The van der Waals surface area contributed by atoms with Crippen LogP contribution in [0.4, 0.5) is 17.1 Å². The number of hydrogen-bond donors (Lipinski definition) is 0. The highest BCUT2D eigenvalue weighted by Gasteiger charge is 2.20. The van der Waals surface area contributed by atoms with Crippen LogP contribution < -0.4 is 4.90 Å². The van der Waals surface area contributed by atoms with Gasteiger partial charge in [-0.05, 0) is 80.6 Å². The molecule has 0 N–H and O–H groups in total. The van der Waals surface area contributed by atoms with Crippen LogP contribution in [-0.2, 0) is 0 Å². The van der Waals surface area contributed by atoms with Crippen molar-refractivity contribution in [1.82, 2.24) is 0 Å². The number of anilines is 3. The lowest BCUT2D eigenvalue weighted by atomic mass is 9.94. The van der Waals surface area contributed by atoms with Crippen LogP contribution in [0.25, 0.3) is 77.2 Å². The molecule has 0 aliphatic rings. The minimum atomic E-state index is 0.897. The molecular formula is C52H35NO. The molecule has 10 rings (SSSR count). The van der Waals surface area contributed by atoms with Crippen molar-refractivity contribution in [3.05, 3.63) is 212 Å². The molecule has 0 amide bonds. The molecule has 1 heterocycles. The monoisotopic (exact) mass is 689 g/mol. The predicted octanol–water partition coefficient (Wildman–Crippen LogP) is 14.9. The third kappa shape index (κ3) is 5.53. The molecule has 1 aromatic heterocycles. The second-order valence-electron chi connectivity index (χ2n) is 13.7. The fourth-order valence-corrected chi connectivity index (χ4v) is 7.93. The zero-order valence-corrected chi connectivity index (χ0v) is 29.6. The van der Waals surface area contributed by atoms with Crippen LogP contribution in [0.3, 0.4) is 0 Å². The molecule has 0 saturated carbocycles. The van der Waals surface area contributed by atoms with Gasteiger partial charge in [-0.2, -0.15) is 0 Å². The van der Waals surface area contributed by atoms with Gasteiger partial charge < -0.3 is 9.32 Å². The minimum Gasteiger partial charge on any atom is -0.455 e. The molecule has 0 aliphatic heterocycles. The van der Waals surface area contributed by atoms with Gasteiger partial charge in [0.05, 0.1) is 5.69 Å². The predicted molar refractivity (Wildman–Crippen MR) is 228 cm³/mol. The Morgan fingerprint density at radius 1 is 0.315 bits per heavy atom. The molecule has 0 bridgehead atoms. The van der Waals surface area contributed by atoms with Crippen LogP contribution >= 0.6 is 0 Å². The first-order valence-corrected chi connectivity index (χ1v) is 18.4.